The molecule has 0 rings (SSSR count). The van der Waals surface area contributed by atoms with Crippen LogP contribution >= 0.6 is 21.6 Å². The Hall–Kier alpha value is -3.26. The Balaban J connectivity index is 4.69. The van der Waals surface area contributed by atoms with Crippen LogP contribution in [0.25, 0.3) is 0 Å². The molecule has 288 valence electrons. The van der Waals surface area contributed by atoms with Crippen molar-refractivity contribution in [2.24, 2.45) is 5.73 Å². The zero-order valence-electron chi connectivity index (χ0n) is 31.3. The molecule has 0 bridgehead atoms. The van der Waals surface area contributed by atoms with E-state index < -0.39 is 53.1 Å². The third-order valence-corrected chi connectivity index (χ3v) is 9.97. The Morgan fingerprint density at radius 2 is 1.27 bits per heavy atom. The molecule has 0 aliphatic heterocycles. The second-order valence-electron chi connectivity index (χ2n) is 13.1. The number of alkyl carbamates (subject to hydrolysis) is 1. The van der Waals surface area contributed by atoms with Crippen LogP contribution in [0.5, 0.6) is 0 Å². The monoisotopic (exact) mass is 750 g/mol. The Morgan fingerprint density at radius 3 is 1.73 bits per heavy atom. The van der Waals surface area contributed by atoms with Gasteiger partial charge in [-0.15, -0.1) is 0 Å². The number of carbonyl (C=O) groups excluding carboxylic acids is 4. The highest BCUT2D eigenvalue weighted by Crippen LogP contribution is 2.38. The van der Waals surface area contributed by atoms with Crippen molar-refractivity contribution in [3.63, 3.8) is 0 Å². The van der Waals surface area contributed by atoms with Gasteiger partial charge >= 0.3 is 6.09 Å². The Bertz CT molecular complexity index is 1210. The molecule has 0 aromatic carbocycles. The van der Waals surface area contributed by atoms with E-state index in [1.54, 1.807) is 34.6 Å². The van der Waals surface area contributed by atoms with Gasteiger partial charge in [0.2, 0.25) is 17.7 Å². The van der Waals surface area contributed by atoms with E-state index in [0.29, 0.717) is 6.42 Å². The van der Waals surface area contributed by atoms with E-state index in [0.717, 1.165) is 38.5 Å². The van der Waals surface area contributed by atoms with Crippen LogP contribution < -0.4 is 21.7 Å². The third kappa shape index (κ3) is 27.1. The van der Waals surface area contributed by atoms with Gasteiger partial charge in [-0.1, -0.05) is 101 Å². The number of primary amides is 1. The maximum absolute atomic E-state index is 13.0. The fourth-order valence-corrected chi connectivity index (χ4v) is 6.81. The minimum absolute atomic E-state index is 0.124. The quantitative estimate of drug-likeness (QED) is 0.0460. The normalized spacial score (nSPS) is 14.6. The second-order valence-corrected chi connectivity index (χ2v) is 16.1. The van der Waals surface area contributed by atoms with Crippen LogP contribution in [0.1, 0.15) is 92.9 Å². The van der Waals surface area contributed by atoms with Gasteiger partial charge in [0.25, 0.3) is 0 Å². The predicted molar refractivity (Wildman–Crippen MR) is 212 cm³/mol. The SMILES string of the molecule is CC/C=C\C/C=C\C/C=C\C/C=C\C/C=C\C/C=C\CCC(=O)N[C@@H](CSSC(C)(C)[C@H](NC(=O)OC(C)(C)C)C(=O)NC[C@@H](O)CO)C(N)=O. The lowest BCUT2D eigenvalue weighted by Crippen LogP contribution is -2.57. The molecule has 7 N–H and O–H groups in total. The standard InChI is InChI=1S/C38H62N4O7S2/c1-7-8-9-10-11-12-13-14-15-16-17-18-19-20-21-22-23-24-25-26-32(45)41-31(34(39)46)29-50-51-38(5,6)33(35(47)40-27-30(44)28-43)42-36(48)49-37(2,3)4/h8-9,11-12,14-15,17-18,20-21,23-24,30-31,33,43-44H,7,10,13,16,19,22,25-29H2,1-6H3,(H2,39,46)(H,40,47)(H,41,45)(H,42,48)/b9-8-,12-11-,15-14-,18-17-,21-20-,24-23-/t30-,31+,33-/m1/s1. The molecule has 4 amide bonds. The maximum Gasteiger partial charge on any atom is 0.408 e. The fraction of sp³-hybridized carbons (Fsp3) is 0.579. The molecule has 0 aliphatic rings. The smallest absolute Gasteiger partial charge is 0.408 e. The molecule has 11 nitrogen and oxygen atoms in total. The molecule has 0 heterocycles. The second kappa shape index (κ2) is 28.3. The predicted octanol–water partition coefficient (Wildman–Crippen LogP) is 5.96. The van der Waals surface area contributed by atoms with Crippen LogP contribution in [-0.2, 0) is 19.1 Å². The topological polar surface area (TPSA) is 180 Å². The molecule has 0 unspecified atom stereocenters. The first kappa shape index (κ1) is 47.7. The van der Waals surface area contributed by atoms with Crippen molar-refractivity contribution in [3.8, 4) is 0 Å². The molecule has 0 saturated heterocycles. The molecule has 0 aromatic heterocycles. The van der Waals surface area contributed by atoms with Gasteiger partial charge in [-0.25, -0.2) is 4.79 Å². The van der Waals surface area contributed by atoms with Gasteiger partial charge < -0.3 is 36.6 Å². The molecule has 0 fully saturated rings. The van der Waals surface area contributed by atoms with Gasteiger partial charge in [-0.3, -0.25) is 14.4 Å². The molecule has 3 atom stereocenters. The average molecular weight is 751 g/mol. The molecular formula is C38H62N4O7S2. The van der Waals surface area contributed by atoms with Crippen LogP contribution in [0.15, 0.2) is 72.9 Å². The van der Waals surface area contributed by atoms with Crippen molar-refractivity contribution >= 4 is 45.4 Å². The first-order valence-electron chi connectivity index (χ1n) is 17.5. The zero-order valence-corrected chi connectivity index (χ0v) is 32.9. The molecule has 13 heteroatoms. The van der Waals surface area contributed by atoms with E-state index >= 15 is 0 Å². The average Bonchev–Trinajstić information content (AvgIpc) is 3.05. The number of carbonyl (C=O) groups is 4. The van der Waals surface area contributed by atoms with Crippen LogP contribution in [0.3, 0.4) is 0 Å². The lowest BCUT2D eigenvalue weighted by atomic mass is 10.0. The molecular weight excluding hydrogens is 689 g/mol. The molecule has 0 spiro atoms. The highest BCUT2D eigenvalue weighted by Gasteiger charge is 2.39. The highest BCUT2D eigenvalue weighted by atomic mass is 33.1. The van der Waals surface area contributed by atoms with Crippen molar-refractivity contribution in [3.05, 3.63) is 72.9 Å². The van der Waals surface area contributed by atoms with Crippen molar-refractivity contribution in [1.29, 1.82) is 0 Å². The fourth-order valence-electron chi connectivity index (χ4n) is 3.98. The number of nitrogens with one attached hydrogen (secondary N) is 3. The van der Waals surface area contributed by atoms with Crippen molar-refractivity contribution in [1.82, 2.24) is 16.0 Å². The number of aliphatic hydroxyl groups is 2. The summed E-state index contributed by atoms with van der Waals surface area (Å²) in [5.74, 6) is -1.48. The largest absolute Gasteiger partial charge is 0.444 e. The number of ether oxygens (including phenoxy) is 1. The first-order valence-corrected chi connectivity index (χ1v) is 19.8. The minimum Gasteiger partial charge on any atom is -0.444 e. The lowest BCUT2D eigenvalue weighted by molar-refractivity contribution is -0.126. The van der Waals surface area contributed by atoms with Crippen molar-refractivity contribution in [2.45, 2.75) is 121 Å². The van der Waals surface area contributed by atoms with Crippen molar-refractivity contribution < 1.29 is 34.1 Å². The number of nitrogens with two attached hydrogens (primary N) is 1. The number of hydrogen-bond donors (Lipinski definition) is 6. The summed E-state index contributed by atoms with van der Waals surface area (Å²) in [5.41, 5.74) is 4.76. The number of rotatable bonds is 26. The van der Waals surface area contributed by atoms with Gasteiger partial charge in [0.05, 0.1) is 17.5 Å². The van der Waals surface area contributed by atoms with Gasteiger partial charge in [-0.05, 0) is 79.6 Å². The minimum atomic E-state index is -1.17. The molecule has 0 aliphatic carbocycles. The summed E-state index contributed by atoms with van der Waals surface area (Å²) in [5, 5.41) is 26.5. The Morgan fingerprint density at radius 1 is 0.784 bits per heavy atom. The Labute approximate surface area is 313 Å². The van der Waals surface area contributed by atoms with Crippen molar-refractivity contribution in [2.75, 3.05) is 18.9 Å². The van der Waals surface area contributed by atoms with Gasteiger partial charge in [-0.2, -0.15) is 0 Å². The van der Waals surface area contributed by atoms with E-state index in [9.17, 15) is 24.3 Å². The van der Waals surface area contributed by atoms with E-state index in [-0.39, 0.29) is 24.6 Å². The molecule has 0 saturated carbocycles. The lowest BCUT2D eigenvalue weighted by Gasteiger charge is -2.34. The maximum atomic E-state index is 13.0. The first-order chi connectivity index (χ1) is 24.1. The summed E-state index contributed by atoms with van der Waals surface area (Å²) in [6.07, 6.45) is 29.7. The summed E-state index contributed by atoms with van der Waals surface area (Å²) < 4.78 is 4.37. The van der Waals surface area contributed by atoms with Gasteiger partial charge in [0.1, 0.15) is 17.7 Å². The molecule has 0 radical (unpaired) electrons. The van der Waals surface area contributed by atoms with Crippen LogP contribution in [0, 0.1) is 0 Å². The van der Waals surface area contributed by atoms with E-state index in [4.69, 9.17) is 15.6 Å². The highest BCUT2D eigenvalue weighted by molar-refractivity contribution is 8.77. The summed E-state index contributed by atoms with van der Waals surface area (Å²) in [7, 11) is 2.43. The van der Waals surface area contributed by atoms with E-state index in [2.05, 4.69) is 83.6 Å². The molecule has 51 heavy (non-hydrogen) atoms. The number of allylic oxidation sites excluding steroid dienone is 12. The van der Waals surface area contributed by atoms with E-state index in [1.165, 1.54) is 21.6 Å². The van der Waals surface area contributed by atoms with Crippen LogP contribution in [-0.4, -0.2) is 81.5 Å². The Kier molecular flexibility index (Phi) is 26.5. The number of hydrogen-bond acceptors (Lipinski definition) is 9. The zero-order chi connectivity index (χ0) is 38.5. The van der Waals surface area contributed by atoms with Crippen LogP contribution in [0.2, 0.25) is 0 Å². The van der Waals surface area contributed by atoms with Crippen LogP contribution in [0.4, 0.5) is 4.79 Å². The van der Waals surface area contributed by atoms with Gasteiger partial charge in [0.15, 0.2) is 0 Å². The third-order valence-electron chi connectivity index (χ3n) is 6.66. The summed E-state index contributed by atoms with van der Waals surface area (Å²) in [6, 6.07) is -2.05. The summed E-state index contributed by atoms with van der Waals surface area (Å²) in [4.78, 5) is 50.2. The van der Waals surface area contributed by atoms with Gasteiger partial charge in [0, 0.05) is 18.7 Å². The van der Waals surface area contributed by atoms with E-state index in [1.807, 2.05) is 12.2 Å². The summed E-state index contributed by atoms with van der Waals surface area (Å²) >= 11 is 0. The number of amides is 4. The summed E-state index contributed by atoms with van der Waals surface area (Å²) in [6.45, 7) is 9.89. The molecule has 0 aromatic rings. The number of aliphatic hydroxyl groups excluding tert-OH is 2.